The molecular weight excluding hydrogens is 335 g/mol. The molecule has 0 radical (unpaired) electrons. The summed E-state index contributed by atoms with van der Waals surface area (Å²) in [6, 6.07) is 4.19. The lowest BCUT2D eigenvalue weighted by Gasteiger charge is -2.07. The van der Waals surface area contributed by atoms with Gasteiger partial charge in [-0.25, -0.2) is 14.4 Å². The molecule has 0 atom stereocenters. The minimum atomic E-state index is -0.550. The number of imidazole rings is 1. The molecule has 0 bridgehead atoms. The van der Waals surface area contributed by atoms with Gasteiger partial charge in [-0.2, -0.15) is 4.98 Å². The largest absolute Gasteiger partial charge is 0.494 e. The van der Waals surface area contributed by atoms with Gasteiger partial charge in [0.1, 0.15) is 10.5 Å². The summed E-state index contributed by atoms with van der Waals surface area (Å²) in [6.45, 7) is 0. The van der Waals surface area contributed by atoms with Crippen LogP contribution in [0.3, 0.4) is 0 Å². The van der Waals surface area contributed by atoms with Crippen molar-refractivity contribution in [2.75, 3.05) is 23.9 Å². The molecule has 8 nitrogen and oxygen atoms in total. The number of rotatable bonds is 5. The van der Waals surface area contributed by atoms with Crippen molar-refractivity contribution in [2.24, 2.45) is 0 Å². The molecule has 0 unspecified atom stereocenters. The van der Waals surface area contributed by atoms with E-state index in [1.54, 1.807) is 6.07 Å². The van der Waals surface area contributed by atoms with Crippen LogP contribution in [-0.2, 0) is 4.79 Å². The number of aromatic amines is 1. The fraction of sp³-hybridized carbons (Fsp3) is 0.143. The molecule has 2 aromatic heterocycles. The number of nitrogens with two attached hydrogens (primary N) is 1. The standard InChI is InChI=1S/C14H13FN6O2S/c1-23-9-3-2-7(4-8(9)15)19-10(22)5-24-13-11-12(18-6-17-11)20-14(16)21-13/h2-4,6H,5H2,1H3,(H,19,22)(H3,16,17,18,20,21). The van der Waals surface area contributed by atoms with Crippen LogP contribution in [0.2, 0.25) is 0 Å². The number of nitrogens with zero attached hydrogens (tertiary/aromatic N) is 3. The van der Waals surface area contributed by atoms with Crippen molar-refractivity contribution in [2.45, 2.75) is 5.03 Å². The summed E-state index contributed by atoms with van der Waals surface area (Å²) in [6.07, 6.45) is 1.48. The van der Waals surface area contributed by atoms with Crippen molar-refractivity contribution in [1.82, 2.24) is 19.9 Å². The van der Waals surface area contributed by atoms with Gasteiger partial charge in [0.2, 0.25) is 11.9 Å². The number of carbonyl (C=O) groups excluding carboxylic acids is 1. The van der Waals surface area contributed by atoms with Crippen LogP contribution >= 0.6 is 11.8 Å². The Kier molecular flexibility index (Phi) is 4.47. The first-order valence-corrected chi connectivity index (χ1v) is 7.78. The molecule has 3 rings (SSSR count). The molecule has 24 heavy (non-hydrogen) atoms. The Hall–Kier alpha value is -2.88. The van der Waals surface area contributed by atoms with Crippen molar-refractivity contribution in [3.05, 3.63) is 30.3 Å². The van der Waals surface area contributed by atoms with Crippen LogP contribution in [0, 0.1) is 5.82 Å². The van der Waals surface area contributed by atoms with Gasteiger partial charge in [-0.15, -0.1) is 0 Å². The van der Waals surface area contributed by atoms with E-state index in [2.05, 4.69) is 25.3 Å². The summed E-state index contributed by atoms with van der Waals surface area (Å²) in [7, 11) is 1.37. The van der Waals surface area contributed by atoms with Crippen LogP contribution in [0.1, 0.15) is 0 Å². The number of hydrogen-bond acceptors (Lipinski definition) is 7. The number of nitrogen functional groups attached to an aromatic ring is 1. The number of H-pyrrole nitrogens is 1. The summed E-state index contributed by atoms with van der Waals surface area (Å²) in [5.74, 6) is -0.603. The molecule has 0 spiro atoms. The Bertz CT molecular complexity index is 900. The third-order valence-corrected chi connectivity index (χ3v) is 4.02. The highest BCUT2D eigenvalue weighted by Gasteiger charge is 2.12. The molecule has 0 aliphatic heterocycles. The van der Waals surface area contributed by atoms with E-state index in [0.717, 1.165) is 0 Å². The first-order chi connectivity index (χ1) is 11.6. The van der Waals surface area contributed by atoms with Crippen LogP contribution in [-0.4, -0.2) is 38.7 Å². The van der Waals surface area contributed by atoms with Gasteiger partial charge < -0.3 is 20.8 Å². The number of fused-ring (bicyclic) bond motifs is 1. The number of methoxy groups -OCH3 is 1. The molecular formula is C14H13FN6O2S. The molecule has 10 heteroatoms. The lowest BCUT2D eigenvalue weighted by Crippen LogP contribution is -2.14. The number of thioether (sulfide) groups is 1. The predicted octanol–water partition coefficient (Wildman–Crippen LogP) is 1.81. The van der Waals surface area contributed by atoms with E-state index in [-0.39, 0.29) is 23.4 Å². The Balaban J connectivity index is 1.67. The zero-order chi connectivity index (χ0) is 17.1. The minimum Gasteiger partial charge on any atom is -0.494 e. The van der Waals surface area contributed by atoms with Gasteiger partial charge in [-0.3, -0.25) is 4.79 Å². The van der Waals surface area contributed by atoms with Crippen LogP contribution in [0.15, 0.2) is 29.6 Å². The topological polar surface area (TPSA) is 119 Å². The lowest BCUT2D eigenvalue weighted by atomic mass is 10.3. The Labute approximate surface area is 140 Å². The average Bonchev–Trinajstić information content (AvgIpc) is 3.01. The van der Waals surface area contributed by atoms with E-state index >= 15 is 0 Å². The van der Waals surface area contributed by atoms with Gasteiger partial charge >= 0.3 is 0 Å². The van der Waals surface area contributed by atoms with Crippen molar-refractivity contribution in [3.63, 3.8) is 0 Å². The second kappa shape index (κ2) is 6.71. The third kappa shape index (κ3) is 3.38. The molecule has 0 saturated carbocycles. The number of halogens is 1. The number of amides is 1. The van der Waals surface area contributed by atoms with Gasteiger partial charge in [0.05, 0.1) is 19.2 Å². The van der Waals surface area contributed by atoms with Gasteiger partial charge in [0.25, 0.3) is 0 Å². The summed E-state index contributed by atoms with van der Waals surface area (Å²) >= 11 is 1.18. The van der Waals surface area contributed by atoms with Gasteiger partial charge in [0.15, 0.2) is 17.2 Å². The lowest BCUT2D eigenvalue weighted by molar-refractivity contribution is -0.113. The fourth-order valence-electron chi connectivity index (χ4n) is 2.00. The normalized spacial score (nSPS) is 10.8. The maximum atomic E-state index is 13.6. The predicted molar refractivity (Wildman–Crippen MR) is 88.4 cm³/mol. The molecule has 1 aromatic carbocycles. The molecule has 1 amide bonds. The Morgan fingerprint density at radius 2 is 2.29 bits per heavy atom. The molecule has 0 fully saturated rings. The summed E-state index contributed by atoms with van der Waals surface area (Å²) in [5, 5.41) is 3.12. The number of carbonyl (C=O) groups is 1. The second-order valence-electron chi connectivity index (χ2n) is 4.67. The second-order valence-corrected chi connectivity index (χ2v) is 5.64. The number of hydrogen-bond donors (Lipinski definition) is 3. The number of aromatic nitrogens is 4. The van der Waals surface area contributed by atoms with Crippen molar-refractivity contribution < 1.29 is 13.9 Å². The molecule has 0 aliphatic carbocycles. The van der Waals surface area contributed by atoms with Crippen LogP contribution in [0.25, 0.3) is 11.2 Å². The number of ether oxygens (including phenoxy) is 1. The maximum absolute atomic E-state index is 13.6. The molecule has 4 N–H and O–H groups in total. The van der Waals surface area contributed by atoms with E-state index < -0.39 is 5.82 Å². The van der Waals surface area contributed by atoms with Gasteiger partial charge in [-0.1, -0.05) is 11.8 Å². The Morgan fingerprint density at radius 1 is 1.46 bits per heavy atom. The zero-order valence-corrected chi connectivity index (χ0v) is 13.4. The summed E-state index contributed by atoms with van der Waals surface area (Å²) in [5.41, 5.74) is 7.00. The number of anilines is 2. The quantitative estimate of drug-likeness (QED) is 0.475. The van der Waals surface area contributed by atoms with Crippen LogP contribution in [0.5, 0.6) is 5.75 Å². The van der Waals surface area contributed by atoms with E-state index in [4.69, 9.17) is 10.5 Å². The van der Waals surface area contributed by atoms with Crippen LogP contribution in [0.4, 0.5) is 16.0 Å². The van der Waals surface area contributed by atoms with E-state index in [1.807, 2.05) is 0 Å². The Morgan fingerprint density at radius 3 is 3.04 bits per heavy atom. The minimum absolute atomic E-state index is 0.0677. The van der Waals surface area contributed by atoms with E-state index in [9.17, 15) is 9.18 Å². The van der Waals surface area contributed by atoms with Crippen molar-refractivity contribution >= 4 is 40.5 Å². The molecule has 124 valence electrons. The van der Waals surface area contributed by atoms with Gasteiger partial charge in [-0.05, 0) is 12.1 Å². The highest BCUT2D eigenvalue weighted by Crippen LogP contribution is 2.24. The first-order valence-electron chi connectivity index (χ1n) is 6.79. The first kappa shape index (κ1) is 16.0. The van der Waals surface area contributed by atoms with Crippen LogP contribution < -0.4 is 15.8 Å². The SMILES string of the molecule is COc1ccc(NC(=O)CSc2nc(N)nc3nc[nH]c23)cc1F. The highest BCUT2D eigenvalue weighted by atomic mass is 32.2. The van der Waals surface area contributed by atoms with Gasteiger partial charge in [0, 0.05) is 11.8 Å². The smallest absolute Gasteiger partial charge is 0.234 e. The monoisotopic (exact) mass is 348 g/mol. The maximum Gasteiger partial charge on any atom is 0.234 e. The molecule has 3 aromatic rings. The number of nitrogens with one attached hydrogen (secondary N) is 2. The summed E-state index contributed by atoms with van der Waals surface area (Å²) in [4.78, 5) is 27.0. The van der Waals surface area contributed by atoms with E-state index in [1.165, 1.54) is 37.3 Å². The molecule has 2 heterocycles. The average molecular weight is 348 g/mol. The highest BCUT2D eigenvalue weighted by molar-refractivity contribution is 8.00. The fourth-order valence-corrected chi connectivity index (χ4v) is 2.79. The number of benzene rings is 1. The molecule has 0 aliphatic rings. The zero-order valence-electron chi connectivity index (χ0n) is 12.5. The third-order valence-electron chi connectivity index (χ3n) is 3.05. The summed E-state index contributed by atoms with van der Waals surface area (Å²) < 4.78 is 18.4. The van der Waals surface area contributed by atoms with E-state index in [0.29, 0.717) is 21.9 Å². The van der Waals surface area contributed by atoms with Crippen molar-refractivity contribution in [1.29, 1.82) is 0 Å². The molecule has 0 saturated heterocycles. The van der Waals surface area contributed by atoms with Crippen molar-refractivity contribution in [3.8, 4) is 5.75 Å².